The zero-order valence-corrected chi connectivity index (χ0v) is 36.0. The lowest BCUT2D eigenvalue weighted by Crippen LogP contribution is -2.15. The average molecular weight is 816 g/mol. The van der Waals surface area contributed by atoms with Crippen molar-refractivity contribution in [3.63, 3.8) is 0 Å². The Morgan fingerprint density at radius 2 is 0.797 bits per heavy atom. The van der Waals surface area contributed by atoms with Crippen molar-refractivity contribution in [3.05, 3.63) is 248 Å². The van der Waals surface area contributed by atoms with Gasteiger partial charge in [0.2, 0.25) is 0 Å². The van der Waals surface area contributed by atoms with Crippen LogP contribution in [0.25, 0.3) is 88.0 Å². The maximum absolute atomic E-state index is 2.54. The van der Waals surface area contributed by atoms with E-state index in [1.807, 2.05) is 0 Å². The average Bonchev–Trinajstić information content (AvgIpc) is 3.59. The van der Waals surface area contributed by atoms with Crippen molar-refractivity contribution in [2.24, 2.45) is 0 Å². The highest BCUT2D eigenvalue weighted by Gasteiger charge is 2.35. The van der Waals surface area contributed by atoms with Gasteiger partial charge in [-0.2, -0.15) is 0 Å². The van der Waals surface area contributed by atoms with Gasteiger partial charge in [-0.25, -0.2) is 0 Å². The summed E-state index contributed by atoms with van der Waals surface area (Å²) in [5.41, 5.74) is 18.1. The number of hydrogen-bond donors (Lipinski definition) is 0. The van der Waals surface area contributed by atoms with E-state index in [-0.39, 0.29) is 5.41 Å². The highest BCUT2D eigenvalue weighted by atomic mass is 15.1. The molecular weight excluding hydrogens is 771 g/mol. The third kappa shape index (κ3) is 6.00. The van der Waals surface area contributed by atoms with Crippen LogP contribution in [-0.2, 0) is 5.41 Å². The first kappa shape index (κ1) is 37.7. The van der Waals surface area contributed by atoms with E-state index in [1.165, 1.54) is 93.5 Å². The minimum Gasteiger partial charge on any atom is -0.309 e. The van der Waals surface area contributed by atoms with Crippen LogP contribution in [-0.4, -0.2) is 0 Å². The molecule has 0 radical (unpaired) electrons. The van der Waals surface area contributed by atoms with Crippen molar-refractivity contribution >= 4 is 49.4 Å². The Bertz CT molecular complexity index is 3590. The zero-order valence-electron chi connectivity index (χ0n) is 36.0. The molecule has 0 unspecified atom stereocenters. The molecule has 11 aromatic rings. The summed E-state index contributed by atoms with van der Waals surface area (Å²) in [7, 11) is 0. The second kappa shape index (κ2) is 15.1. The molecule has 0 amide bonds. The molecular formula is C63H45N. The van der Waals surface area contributed by atoms with Crippen molar-refractivity contribution in [2.75, 3.05) is 4.90 Å². The SMILES string of the molecule is CC1(C)c2ccccc2-c2ccc(-c3ccccc3N(c3ccccc3-c3cccc4c3ccc3ccccc34)c3ccccc3-c3cccc4cccc(-c5ccccc5)c34)cc21. The summed E-state index contributed by atoms with van der Waals surface area (Å²) in [5.74, 6) is 0. The molecule has 0 aliphatic heterocycles. The van der Waals surface area contributed by atoms with Crippen LogP contribution < -0.4 is 4.90 Å². The van der Waals surface area contributed by atoms with Gasteiger partial charge in [0.05, 0.1) is 17.1 Å². The molecule has 64 heavy (non-hydrogen) atoms. The van der Waals surface area contributed by atoms with E-state index >= 15 is 0 Å². The van der Waals surface area contributed by atoms with Crippen LogP contribution >= 0.6 is 0 Å². The zero-order chi connectivity index (χ0) is 42.8. The number of fused-ring (bicyclic) bond motifs is 7. The Hall–Kier alpha value is -8.00. The number of nitrogens with zero attached hydrogens (tertiary/aromatic N) is 1. The monoisotopic (exact) mass is 815 g/mol. The van der Waals surface area contributed by atoms with Gasteiger partial charge in [-0.05, 0) is 107 Å². The maximum Gasteiger partial charge on any atom is 0.0540 e. The van der Waals surface area contributed by atoms with Gasteiger partial charge in [-0.3, -0.25) is 0 Å². The van der Waals surface area contributed by atoms with Crippen molar-refractivity contribution in [1.29, 1.82) is 0 Å². The first-order valence-corrected chi connectivity index (χ1v) is 22.3. The fourth-order valence-electron chi connectivity index (χ4n) is 10.7. The number of benzene rings is 11. The van der Waals surface area contributed by atoms with Gasteiger partial charge in [-0.1, -0.05) is 226 Å². The highest BCUT2D eigenvalue weighted by molar-refractivity contribution is 6.14. The quantitative estimate of drug-likeness (QED) is 0.145. The van der Waals surface area contributed by atoms with Crippen LogP contribution in [0.5, 0.6) is 0 Å². The summed E-state index contributed by atoms with van der Waals surface area (Å²) in [6, 6.07) is 87.4. The molecule has 12 rings (SSSR count). The normalized spacial score (nSPS) is 12.7. The van der Waals surface area contributed by atoms with E-state index in [2.05, 4.69) is 255 Å². The Morgan fingerprint density at radius 1 is 0.281 bits per heavy atom. The van der Waals surface area contributed by atoms with Gasteiger partial charge in [-0.15, -0.1) is 0 Å². The molecule has 302 valence electrons. The highest BCUT2D eigenvalue weighted by Crippen LogP contribution is 2.53. The molecule has 11 aromatic carbocycles. The molecule has 0 N–H and O–H groups in total. The first-order valence-electron chi connectivity index (χ1n) is 22.3. The molecule has 0 aromatic heterocycles. The third-order valence-corrected chi connectivity index (χ3v) is 13.7. The molecule has 0 bridgehead atoms. The molecule has 0 fully saturated rings. The fraction of sp³-hybridized carbons (Fsp3) is 0.0476. The van der Waals surface area contributed by atoms with Crippen LogP contribution in [0.4, 0.5) is 17.1 Å². The Balaban J connectivity index is 1.14. The minimum atomic E-state index is -0.126. The van der Waals surface area contributed by atoms with Crippen molar-refractivity contribution in [2.45, 2.75) is 19.3 Å². The molecule has 1 aliphatic rings. The first-order chi connectivity index (χ1) is 31.5. The van der Waals surface area contributed by atoms with E-state index in [1.54, 1.807) is 0 Å². The molecule has 1 heteroatoms. The predicted molar refractivity (Wildman–Crippen MR) is 273 cm³/mol. The summed E-state index contributed by atoms with van der Waals surface area (Å²) < 4.78 is 0. The number of hydrogen-bond acceptors (Lipinski definition) is 1. The van der Waals surface area contributed by atoms with E-state index in [9.17, 15) is 0 Å². The van der Waals surface area contributed by atoms with Crippen molar-refractivity contribution in [1.82, 2.24) is 0 Å². The van der Waals surface area contributed by atoms with Gasteiger partial charge >= 0.3 is 0 Å². The van der Waals surface area contributed by atoms with E-state index < -0.39 is 0 Å². The largest absolute Gasteiger partial charge is 0.309 e. The second-order valence-corrected chi connectivity index (χ2v) is 17.6. The van der Waals surface area contributed by atoms with Crippen LogP contribution in [0.3, 0.4) is 0 Å². The van der Waals surface area contributed by atoms with Crippen molar-refractivity contribution in [3.8, 4) is 55.6 Å². The van der Waals surface area contributed by atoms with E-state index in [0.29, 0.717) is 0 Å². The lowest BCUT2D eigenvalue weighted by molar-refractivity contribution is 0.660. The maximum atomic E-state index is 2.54. The summed E-state index contributed by atoms with van der Waals surface area (Å²) in [5, 5.41) is 7.45. The number of para-hydroxylation sites is 3. The lowest BCUT2D eigenvalue weighted by atomic mass is 9.81. The van der Waals surface area contributed by atoms with Crippen molar-refractivity contribution < 1.29 is 0 Å². The fourth-order valence-corrected chi connectivity index (χ4v) is 10.7. The van der Waals surface area contributed by atoms with E-state index in [0.717, 1.165) is 22.6 Å². The Morgan fingerprint density at radius 3 is 1.56 bits per heavy atom. The van der Waals surface area contributed by atoms with Crippen LogP contribution in [0.1, 0.15) is 25.0 Å². The third-order valence-electron chi connectivity index (χ3n) is 13.7. The summed E-state index contributed by atoms with van der Waals surface area (Å²) in [6.07, 6.45) is 0. The molecule has 0 atom stereocenters. The van der Waals surface area contributed by atoms with Gasteiger partial charge in [0, 0.05) is 22.1 Å². The molecule has 0 heterocycles. The lowest BCUT2D eigenvalue weighted by Gasteiger charge is -2.32. The Labute approximate surface area is 375 Å². The topological polar surface area (TPSA) is 3.24 Å². The minimum absolute atomic E-state index is 0.126. The van der Waals surface area contributed by atoms with E-state index in [4.69, 9.17) is 0 Å². The van der Waals surface area contributed by atoms with Gasteiger partial charge in [0.15, 0.2) is 0 Å². The predicted octanol–water partition coefficient (Wildman–Crippen LogP) is 17.6. The van der Waals surface area contributed by atoms with Gasteiger partial charge in [0.1, 0.15) is 0 Å². The number of rotatable bonds is 7. The van der Waals surface area contributed by atoms with Gasteiger partial charge in [0.25, 0.3) is 0 Å². The standard InChI is InChI=1S/C63H45N/c1-63(2)57-33-12-8-26-52(57)53-40-38-45(41-58(53)63)47-25-9-13-34-59(47)64(60-35-14-10-27-54(60)50-31-18-30-49-46-24-7-6-21-43(46)37-39-51(49)50)61-36-15-11-28-55(61)56-32-17-23-44-22-16-29-48(62(44)56)42-19-4-3-5-20-42/h3-41H,1-2H3. The molecule has 0 spiro atoms. The van der Waals surface area contributed by atoms with Crippen LogP contribution in [0, 0.1) is 0 Å². The van der Waals surface area contributed by atoms with Gasteiger partial charge < -0.3 is 4.90 Å². The van der Waals surface area contributed by atoms with Crippen LogP contribution in [0.2, 0.25) is 0 Å². The number of anilines is 3. The van der Waals surface area contributed by atoms with Crippen LogP contribution in [0.15, 0.2) is 237 Å². The Kier molecular flexibility index (Phi) is 8.91. The second-order valence-electron chi connectivity index (χ2n) is 17.6. The summed E-state index contributed by atoms with van der Waals surface area (Å²) in [6.45, 7) is 4.74. The molecule has 1 aliphatic carbocycles. The smallest absolute Gasteiger partial charge is 0.0540 e. The summed E-state index contributed by atoms with van der Waals surface area (Å²) in [4.78, 5) is 2.54. The molecule has 0 saturated heterocycles. The molecule has 1 nitrogen and oxygen atoms in total. The molecule has 0 saturated carbocycles. The summed E-state index contributed by atoms with van der Waals surface area (Å²) >= 11 is 0.